The lowest BCUT2D eigenvalue weighted by Crippen LogP contribution is -2.30. The quantitative estimate of drug-likeness (QED) is 0.0261. The third-order valence-electron chi connectivity index (χ3n) is 14.5. The number of hydrogen-bond acceptors (Lipinski definition) is 6. The lowest BCUT2D eigenvalue weighted by Gasteiger charge is -2.18. The standard InChI is InChI=1S/C74H126O6/c1-4-7-10-13-16-19-22-25-27-28-29-30-31-32-33-34-35-36-37-38-39-40-41-42-43-44-45-46-48-49-52-55-58-61-64-67-73(76)79-70-71(69-78-72(75)66-63-60-57-54-51-24-21-18-15-12-9-6-3)80-74(77)68-65-62-59-56-53-50-47-26-23-20-17-14-11-8-5-2/h7-8,10-11,16-21,25-27,29-30,47,53,56,71H,4-6,9,12-15,22-24,28,31-46,48-52,54-55,57-70H2,1-3H3/b10-7-,11-8-,19-16-,20-17-,21-18-,27-25-,30-29-,47-26-,56-53-. The summed E-state index contributed by atoms with van der Waals surface area (Å²) in [6, 6.07) is 0. The number of allylic oxidation sites excluding steroid dienone is 18. The van der Waals surface area contributed by atoms with Crippen LogP contribution in [0, 0.1) is 0 Å². The van der Waals surface area contributed by atoms with E-state index in [0.29, 0.717) is 19.3 Å². The van der Waals surface area contributed by atoms with Gasteiger partial charge in [0.1, 0.15) is 13.2 Å². The van der Waals surface area contributed by atoms with Crippen molar-refractivity contribution in [2.24, 2.45) is 0 Å². The minimum absolute atomic E-state index is 0.0945. The number of rotatable bonds is 61. The average Bonchev–Trinajstić information content (AvgIpc) is 3.46. The molecule has 0 saturated heterocycles. The van der Waals surface area contributed by atoms with Crippen LogP contribution in [0.2, 0.25) is 0 Å². The van der Waals surface area contributed by atoms with Crippen LogP contribution in [0.25, 0.3) is 0 Å². The van der Waals surface area contributed by atoms with E-state index in [0.717, 1.165) is 109 Å². The number of ether oxygens (including phenoxy) is 3. The molecule has 0 radical (unpaired) electrons. The van der Waals surface area contributed by atoms with Gasteiger partial charge < -0.3 is 14.2 Å². The number of unbranched alkanes of at least 4 members (excludes halogenated alkanes) is 32. The SMILES string of the molecule is CC/C=C\C/C=C\C/C=C\C/C=C\CCCCCCCCCCCCCCCCCCCCCCCCC(=O)OCC(COC(=O)CCCCCCC/C=C\CCCCC)OC(=O)CCCC/C=C\C/C=C\C/C=C\C/C=C\CC. The third-order valence-corrected chi connectivity index (χ3v) is 14.5. The Morgan fingerprint density at radius 2 is 0.487 bits per heavy atom. The molecule has 0 aromatic carbocycles. The fourth-order valence-electron chi connectivity index (χ4n) is 9.48. The van der Waals surface area contributed by atoms with Gasteiger partial charge in [-0.05, 0) is 122 Å². The van der Waals surface area contributed by atoms with E-state index in [1.54, 1.807) is 0 Å². The van der Waals surface area contributed by atoms with Gasteiger partial charge in [0.25, 0.3) is 0 Å². The first-order valence-electron chi connectivity index (χ1n) is 33.9. The van der Waals surface area contributed by atoms with Gasteiger partial charge in [-0.15, -0.1) is 0 Å². The smallest absolute Gasteiger partial charge is 0.306 e. The second kappa shape index (κ2) is 67.6. The fraction of sp³-hybridized carbons (Fsp3) is 0.716. The minimum Gasteiger partial charge on any atom is -0.462 e. The van der Waals surface area contributed by atoms with Crippen LogP contribution in [-0.4, -0.2) is 37.2 Å². The van der Waals surface area contributed by atoms with Crippen molar-refractivity contribution in [3.05, 3.63) is 109 Å². The highest BCUT2D eigenvalue weighted by Gasteiger charge is 2.19. The first-order valence-corrected chi connectivity index (χ1v) is 33.9. The van der Waals surface area contributed by atoms with E-state index in [9.17, 15) is 14.4 Å². The van der Waals surface area contributed by atoms with Crippen LogP contribution < -0.4 is 0 Å². The van der Waals surface area contributed by atoms with E-state index >= 15 is 0 Å². The van der Waals surface area contributed by atoms with E-state index in [1.165, 1.54) is 167 Å². The van der Waals surface area contributed by atoms with Crippen molar-refractivity contribution in [1.82, 2.24) is 0 Å². The molecule has 1 unspecified atom stereocenters. The summed E-state index contributed by atoms with van der Waals surface area (Å²) in [4.78, 5) is 38.2. The van der Waals surface area contributed by atoms with Crippen LogP contribution in [0.5, 0.6) is 0 Å². The van der Waals surface area contributed by atoms with Gasteiger partial charge in [-0.25, -0.2) is 0 Å². The van der Waals surface area contributed by atoms with Gasteiger partial charge in [0, 0.05) is 19.3 Å². The summed E-state index contributed by atoms with van der Waals surface area (Å²) >= 11 is 0. The Balaban J connectivity index is 4.11. The molecule has 0 aliphatic carbocycles. The van der Waals surface area contributed by atoms with Gasteiger partial charge >= 0.3 is 17.9 Å². The number of carbonyl (C=O) groups is 3. The van der Waals surface area contributed by atoms with Gasteiger partial charge in [-0.1, -0.05) is 291 Å². The van der Waals surface area contributed by atoms with Gasteiger partial charge in [0.15, 0.2) is 6.10 Å². The van der Waals surface area contributed by atoms with E-state index in [2.05, 4.69) is 130 Å². The van der Waals surface area contributed by atoms with Crippen LogP contribution in [0.4, 0.5) is 0 Å². The summed E-state index contributed by atoms with van der Waals surface area (Å²) in [6.07, 6.45) is 92.8. The van der Waals surface area contributed by atoms with E-state index in [1.807, 2.05) is 0 Å². The highest BCUT2D eigenvalue weighted by atomic mass is 16.6. The molecule has 0 bridgehead atoms. The molecule has 0 heterocycles. The number of hydrogen-bond donors (Lipinski definition) is 0. The van der Waals surface area contributed by atoms with Crippen LogP contribution >= 0.6 is 0 Å². The van der Waals surface area contributed by atoms with E-state index in [-0.39, 0.29) is 37.5 Å². The highest BCUT2D eigenvalue weighted by Crippen LogP contribution is 2.17. The van der Waals surface area contributed by atoms with E-state index < -0.39 is 6.10 Å². The summed E-state index contributed by atoms with van der Waals surface area (Å²) in [5.41, 5.74) is 0. The van der Waals surface area contributed by atoms with Crippen molar-refractivity contribution >= 4 is 17.9 Å². The molecule has 0 aliphatic rings. The average molecular weight is 1110 g/mol. The third kappa shape index (κ3) is 64.9. The maximum absolute atomic E-state index is 12.9. The Labute approximate surface area is 495 Å². The largest absolute Gasteiger partial charge is 0.462 e. The molecule has 0 aliphatic heterocycles. The maximum Gasteiger partial charge on any atom is 0.306 e. The first kappa shape index (κ1) is 76.1. The minimum atomic E-state index is -0.802. The Kier molecular flexibility index (Phi) is 64.3. The molecule has 0 spiro atoms. The zero-order valence-electron chi connectivity index (χ0n) is 52.6. The lowest BCUT2D eigenvalue weighted by atomic mass is 10.0. The second-order valence-electron chi connectivity index (χ2n) is 22.3. The molecule has 458 valence electrons. The van der Waals surface area contributed by atoms with Gasteiger partial charge in [-0.3, -0.25) is 14.4 Å². The molecule has 0 rings (SSSR count). The van der Waals surface area contributed by atoms with Crippen LogP contribution in [0.3, 0.4) is 0 Å². The highest BCUT2D eigenvalue weighted by molar-refractivity contribution is 5.71. The Morgan fingerprint density at radius 1 is 0.263 bits per heavy atom. The van der Waals surface area contributed by atoms with Crippen LogP contribution in [0.1, 0.15) is 323 Å². The van der Waals surface area contributed by atoms with Crippen molar-refractivity contribution in [3.63, 3.8) is 0 Å². The molecule has 0 fully saturated rings. The Hall–Kier alpha value is -3.93. The molecule has 0 aromatic rings. The number of esters is 3. The summed E-state index contributed by atoms with van der Waals surface area (Å²) in [6.45, 7) is 6.37. The van der Waals surface area contributed by atoms with E-state index in [4.69, 9.17) is 14.2 Å². The van der Waals surface area contributed by atoms with Crippen LogP contribution in [-0.2, 0) is 28.6 Å². The molecule has 1 atom stereocenters. The summed E-state index contributed by atoms with van der Waals surface area (Å²) in [7, 11) is 0. The molecule has 6 nitrogen and oxygen atoms in total. The molecular weight excluding hydrogens is 985 g/mol. The Morgan fingerprint density at radius 3 is 0.800 bits per heavy atom. The molecule has 0 amide bonds. The zero-order valence-corrected chi connectivity index (χ0v) is 52.6. The molecular formula is C74H126O6. The molecule has 0 aromatic heterocycles. The topological polar surface area (TPSA) is 78.9 Å². The molecule has 80 heavy (non-hydrogen) atoms. The first-order chi connectivity index (χ1) is 39.5. The zero-order chi connectivity index (χ0) is 57.8. The lowest BCUT2D eigenvalue weighted by molar-refractivity contribution is -0.167. The normalized spacial score (nSPS) is 12.8. The van der Waals surface area contributed by atoms with Crippen molar-refractivity contribution in [3.8, 4) is 0 Å². The van der Waals surface area contributed by atoms with Gasteiger partial charge in [0.05, 0.1) is 0 Å². The predicted octanol–water partition coefficient (Wildman–Crippen LogP) is 23.4. The number of carbonyl (C=O) groups excluding carboxylic acids is 3. The predicted molar refractivity (Wildman–Crippen MR) is 348 cm³/mol. The van der Waals surface area contributed by atoms with Crippen LogP contribution in [0.15, 0.2) is 109 Å². The monoisotopic (exact) mass is 1110 g/mol. The molecule has 6 heteroatoms. The van der Waals surface area contributed by atoms with Gasteiger partial charge in [-0.2, -0.15) is 0 Å². The van der Waals surface area contributed by atoms with Crippen molar-refractivity contribution in [2.75, 3.05) is 13.2 Å². The van der Waals surface area contributed by atoms with Crippen molar-refractivity contribution in [2.45, 2.75) is 329 Å². The van der Waals surface area contributed by atoms with Crippen molar-refractivity contribution < 1.29 is 28.6 Å². The second-order valence-corrected chi connectivity index (χ2v) is 22.3. The fourth-order valence-corrected chi connectivity index (χ4v) is 9.48. The van der Waals surface area contributed by atoms with Gasteiger partial charge in [0.2, 0.25) is 0 Å². The summed E-state index contributed by atoms with van der Waals surface area (Å²) < 4.78 is 16.9. The molecule has 0 saturated carbocycles. The maximum atomic E-state index is 12.9. The summed E-state index contributed by atoms with van der Waals surface area (Å²) in [5.74, 6) is -0.936. The Bertz CT molecular complexity index is 1610. The molecule has 0 N–H and O–H groups in total. The van der Waals surface area contributed by atoms with Crippen molar-refractivity contribution in [1.29, 1.82) is 0 Å². The summed E-state index contributed by atoms with van der Waals surface area (Å²) in [5, 5.41) is 0.